The molecule has 0 aliphatic carbocycles. The third-order valence-electron chi connectivity index (χ3n) is 3.59. The molecule has 2 nitrogen and oxygen atoms in total. The number of fused-ring (bicyclic) bond motifs is 1. The summed E-state index contributed by atoms with van der Waals surface area (Å²) in [6.45, 7) is 0. The van der Waals surface area contributed by atoms with Crippen molar-refractivity contribution in [2.24, 2.45) is 0 Å². The van der Waals surface area contributed by atoms with Crippen LogP contribution in [0.2, 0.25) is 0 Å². The maximum absolute atomic E-state index is 13.6. The van der Waals surface area contributed by atoms with Gasteiger partial charge in [0.05, 0.1) is 11.5 Å². The van der Waals surface area contributed by atoms with E-state index in [-0.39, 0.29) is 17.1 Å². The van der Waals surface area contributed by atoms with Gasteiger partial charge in [-0.05, 0) is 22.4 Å². The van der Waals surface area contributed by atoms with Crippen LogP contribution in [0.1, 0.15) is 11.1 Å². The molecule has 4 heteroatoms. The Morgan fingerprint density at radius 2 is 1.32 bits per heavy atom. The van der Waals surface area contributed by atoms with E-state index in [0.717, 1.165) is 16.3 Å². The monoisotopic (exact) mass is 314 g/mol. The number of hydrogen-bond donors (Lipinski definition) is 0. The fraction of sp³-hybridized carbons (Fsp3) is 0.111. The quantitative estimate of drug-likeness (QED) is 0.727. The zero-order chi connectivity index (χ0) is 15.6. The van der Waals surface area contributed by atoms with Gasteiger partial charge in [0, 0.05) is 5.56 Å². The molecule has 0 unspecified atom stereocenters. The second kappa shape index (κ2) is 5.89. The first-order valence-corrected chi connectivity index (χ1v) is 8.78. The first-order chi connectivity index (χ1) is 10.6. The molecule has 0 bridgehead atoms. The average molecular weight is 314 g/mol. The third-order valence-corrected chi connectivity index (χ3v) is 5.09. The largest absolute Gasteiger partial charge is 0.228 e. The van der Waals surface area contributed by atoms with Crippen molar-refractivity contribution in [3.63, 3.8) is 0 Å². The Morgan fingerprint density at radius 3 is 2.14 bits per heavy atom. The molecule has 112 valence electrons. The number of sulfone groups is 1. The second-order valence-corrected chi connectivity index (χ2v) is 7.33. The topological polar surface area (TPSA) is 34.1 Å². The summed E-state index contributed by atoms with van der Waals surface area (Å²) in [7, 11) is -3.44. The predicted octanol–water partition coefficient (Wildman–Crippen LogP) is 4.09. The standard InChI is InChI=1S/C18H15FO2S/c19-18-11-4-2-7-16(18)13-22(20,21)12-15-9-5-8-14-6-1-3-10-17(14)15/h1-11H,12-13H2. The van der Waals surface area contributed by atoms with Crippen LogP contribution >= 0.6 is 0 Å². The summed E-state index contributed by atoms with van der Waals surface area (Å²) in [4.78, 5) is 0. The zero-order valence-electron chi connectivity index (χ0n) is 11.9. The highest BCUT2D eigenvalue weighted by molar-refractivity contribution is 7.89. The molecular formula is C18H15FO2S. The van der Waals surface area contributed by atoms with Gasteiger partial charge in [0.15, 0.2) is 9.84 Å². The van der Waals surface area contributed by atoms with Crippen LogP contribution in [0.3, 0.4) is 0 Å². The van der Waals surface area contributed by atoms with Crippen LogP contribution < -0.4 is 0 Å². The van der Waals surface area contributed by atoms with Gasteiger partial charge in [-0.3, -0.25) is 0 Å². The Bertz CT molecular complexity index is 912. The molecule has 0 spiro atoms. The van der Waals surface area contributed by atoms with Crippen molar-refractivity contribution < 1.29 is 12.8 Å². The molecular weight excluding hydrogens is 299 g/mol. The number of rotatable bonds is 4. The molecule has 3 aromatic rings. The summed E-state index contributed by atoms with van der Waals surface area (Å²) in [5.41, 5.74) is 0.956. The van der Waals surface area contributed by atoms with Crippen LogP contribution in [0, 0.1) is 5.82 Å². The van der Waals surface area contributed by atoms with Crippen LogP contribution in [0.15, 0.2) is 66.7 Å². The molecule has 0 atom stereocenters. The van der Waals surface area contributed by atoms with Crippen molar-refractivity contribution in [2.75, 3.05) is 0 Å². The lowest BCUT2D eigenvalue weighted by atomic mass is 10.1. The van der Waals surface area contributed by atoms with E-state index in [1.807, 2.05) is 36.4 Å². The van der Waals surface area contributed by atoms with Gasteiger partial charge in [-0.1, -0.05) is 60.7 Å². The minimum absolute atomic E-state index is 0.0946. The van der Waals surface area contributed by atoms with Gasteiger partial charge in [0.1, 0.15) is 5.82 Å². The molecule has 0 N–H and O–H groups in total. The summed E-state index contributed by atoms with van der Waals surface area (Å²) in [5, 5.41) is 1.92. The van der Waals surface area contributed by atoms with Gasteiger partial charge in [0.25, 0.3) is 0 Å². The van der Waals surface area contributed by atoms with Gasteiger partial charge < -0.3 is 0 Å². The van der Waals surface area contributed by atoms with E-state index in [1.165, 1.54) is 12.1 Å². The summed E-state index contributed by atoms with van der Waals surface area (Å²) < 4.78 is 38.4. The van der Waals surface area contributed by atoms with E-state index >= 15 is 0 Å². The highest BCUT2D eigenvalue weighted by Crippen LogP contribution is 2.22. The first kappa shape index (κ1) is 14.7. The SMILES string of the molecule is O=S(=O)(Cc1ccccc1F)Cc1cccc2ccccc12. The van der Waals surface area contributed by atoms with Crippen LogP contribution in [0.25, 0.3) is 10.8 Å². The Hall–Kier alpha value is -2.20. The molecule has 0 aromatic heterocycles. The summed E-state index contributed by atoms with van der Waals surface area (Å²) in [6.07, 6.45) is 0. The van der Waals surface area contributed by atoms with Crippen molar-refractivity contribution in [3.8, 4) is 0 Å². The van der Waals surface area contributed by atoms with E-state index in [1.54, 1.807) is 18.2 Å². The van der Waals surface area contributed by atoms with Gasteiger partial charge >= 0.3 is 0 Å². The summed E-state index contributed by atoms with van der Waals surface area (Å²) in [5.74, 6) is -0.866. The molecule has 3 rings (SSSR count). The van der Waals surface area contributed by atoms with Crippen LogP contribution in [0.4, 0.5) is 4.39 Å². The van der Waals surface area contributed by atoms with Gasteiger partial charge in [-0.25, -0.2) is 12.8 Å². The predicted molar refractivity (Wildman–Crippen MR) is 86.7 cm³/mol. The second-order valence-electron chi connectivity index (χ2n) is 5.26. The molecule has 0 heterocycles. The van der Waals surface area contributed by atoms with Crippen molar-refractivity contribution in [1.29, 1.82) is 0 Å². The van der Waals surface area contributed by atoms with Crippen LogP contribution in [-0.2, 0) is 21.3 Å². The molecule has 0 radical (unpaired) electrons. The molecule has 0 amide bonds. The average Bonchev–Trinajstić information content (AvgIpc) is 2.49. The maximum atomic E-state index is 13.6. The lowest BCUT2D eigenvalue weighted by Gasteiger charge is -2.08. The van der Waals surface area contributed by atoms with E-state index in [2.05, 4.69) is 0 Å². The summed E-state index contributed by atoms with van der Waals surface area (Å²) >= 11 is 0. The summed E-state index contributed by atoms with van der Waals surface area (Å²) in [6, 6.07) is 19.2. The maximum Gasteiger partial charge on any atom is 0.158 e. The molecule has 3 aromatic carbocycles. The van der Waals surface area contributed by atoms with E-state index in [9.17, 15) is 12.8 Å². The van der Waals surface area contributed by atoms with Gasteiger partial charge in [-0.15, -0.1) is 0 Å². The van der Waals surface area contributed by atoms with Crippen molar-refractivity contribution in [2.45, 2.75) is 11.5 Å². The zero-order valence-corrected chi connectivity index (χ0v) is 12.7. The van der Waals surface area contributed by atoms with Crippen LogP contribution in [-0.4, -0.2) is 8.42 Å². The fourth-order valence-corrected chi connectivity index (χ4v) is 4.09. The Labute approximate surface area is 129 Å². The Morgan fingerprint density at radius 1 is 0.727 bits per heavy atom. The van der Waals surface area contributed by atoms with E-state index in [0.29, 0.717) is 0 Å². The molecule has 0 saturated carbocycles. The van der Waals surface area contributed by atoms with Gasteiger partial charge in [-0.2, -0.15) is 0 Å². The molecule has 0 fully saturated rings. The molecule has 22 heavy (non-hydrogen) atoms. The van der Waals surface area contributed by atoms with E-state index < -0.39 is 15.7 Å². The molecule has 0 aliphatic heterocycles. The Kier molecular flexibility index (Phi) is 3.94. The lowest BCUT2D eigenvalue weighted by molar-refractivity contribution is 0.586. The van der Waals surface area contributed by atoms with Crippen molar-refractivity contribution in [3.05, 3.63) is 83.7 Å². The van der Waals surface area contributed by atoms with Gasteiger partial charge in [0.2, 0.25) is 0 Å². The smallest absolute Gasteiger partial charge is 0.158 e. The van der Waals surface area contributed by atoms with E-state index in [4.69, 9.17) is 0 Å². The highest BCUT2D eigenvalue weighted by atomic mass is 32.2. The highest BCUT2D eigenvalue weighted by Gasteiger charge is 2.16. The molecule has 0 saturated heterocycles. The van der Waals surface area contributed by atoms with Crippen molar-refractivity contribution >= 4 is 20.6 Å². The normalized spacial score (nSPS) is 11.7. The first-order valence-electron chi connectivity index (χ1n) is 6.96. The number of halogens is 1. The van der Waals surface area contributed by atoms with Crippen LogP contribution in [0.5, 0.6) is 0 Å². The minimum atomic E-state index is -3.44. The van der Waals surface area contributed by atoms with Crippen molar-refractivity contribution in [1.82, 2.24) is 0 Å². The molecule has 0 aliphatic rings. The Balaban J connectivity index is 1.92. The number of hydrogen-bond acceptors (Lipinski definition) is 2. The lowest BCUT2D eigenvalue weighted by Crippen LogP contribution is -2.09. The third kappa shape index (κ3) is 3.17. The number of benzene rings is 3. The fourth-order valence-electron chi connectivity index (χ4n) is 2.56. The minimum Gasteiger partial charge on any atom is -0.228 e.